The summed E-state index contributed by atoms with van der Waals surface area (Å²) in [5.74, 6) is 2.60. The Morgan fingerprint density at radius 3 is 2.62 bits per heavy atom. The predicted molar refractivity (Wildman–Crippen MR) is 56.4 cm³/mol. The van der Waals surface area contributed by atoms with Crippen molar-refractivity contribution in [2.45, 2.75) is 51.7 Å². The van der Waals surface area contributed by atoms with Crippen LogP contribution in [0, 0.1) is 12.3 Å². The van der Waals surface area contributed by atoms with Crippen LogP contribution in [-0.2, 0) is 4.74 Å². The molecule has 0 aromatic heterocycles. The van der Waals surface area contributed by atoms with Crippen molar-refractivity contribution in [2.24, 2.45) is 5.73 Å². The molecule has 0 amide bonds. The van der Waals surface area contributed by atoms with Crippen molar-refractivity contribution in [3.63, 3.8) is 0 Å². The largest absolute Gasteiger partial charge is 0.378 e. The number of hydrogen-bond acceptors (Lipinski definition) is 2. The van der Waals surface area contributed by atoms with Crippen LogP contribution in [0.4, 0.5) is 0 Å². The third-order valence-corrected chi connectivity index (χ3v) is 1.84. The fraction of sp³-hybridized carbons (Fsp3) is 0.818. The van der Waals surface area contributed by atoms with Crippen molar-refractivity contribution in [2.75, 3.05) is 6.61 Å². The zero-order valence-corrected chi connectivity index (χ0v) is 8.97. The summed E-state index contributed by atoms with van der Waals surface area (Å²) < 4.78 is 5.54. The lowest BCUT2D eigenvalue weighted by atomic mass is 10.0. The fourth-order valence-corrected chi connectivity index (χ4v) is 0.893. The molecular weight excluding hydrogens is 162 g/mol. The molecule has 13 heavy (non-hydrogen) atoms. The quantitative estimate of drug-likeness (QED) is 0.639. The van der Waals surface area contributed by atoms with E-state index < -0.39 is 0 Å². The van der Waals surface area contributed by atoms with Gasteiger partial charge in [-0.05, 0) is 33.6 Å². The Hall–Kier alpha value is -0.520. The molecule has 2 N–H and O–H groups in total. The number of rotatable bonds is 6. The summed E-state index contributed by atoms with van der Waals surface area (Å²) in [6.45, 7) is 6.76. The van der Waals surface area contributed by atoms with E-state index in [1.165, 1.54) is 0 Å². The highest BCUT2D eigenvalue weighted by Crippen LogP contribution is 2.06. The molecule has 0 aromatic rings. The summed E-state index contributed by atoms with van der Waals surface area (Å²) in [7, 11) is 0. The van der Waals surface area contributed by atoms with Crippen molar-refractivity contribution >= 4 is 0 Å². The van der Waals surface area contributed by atoms with E-state index in [0.717, 1.165) is 25.9 Å². The molecule has 0 saturated carbocycles. The summed E-state index contributed by atoms with van der Waals surface area (Å²) in [5.41, 5.74) is 5.68. The second-order valence-electron chi connectivity index (χ2n) is 4.16. The summed E-state index contributed by atoms with van der Waals surface area (Å²) in [5, 5.41) is 0. The van der Waals surface area contributed by atoms with E-state index in [1.807, 2.05) is 20.8 Å². The lowest BCUT2D eigenvalue weighted by Crippen LogP contribution is -2.33. The Kier molecular flexibility index (Phi) is 5.77. The first-order valence-electron chi connectivity index (χ1n) is 4.79. The number of terminal acetylenes is 1. The van der Waals surface area contributed by atoms with Crippen LogP contribution in [0.25, 0.3) is 0 Å². The molecule has 0 rings (SSSR count). The van der Waals surface area contributed by atoms with Gasteiger partial charge in [-0.25, -0.2) is 0 Å². The van der Waals surface area contributed by atoms with Gasteiger partial charge in [-0.2, -0.15) is 0 Å². The molecule has 76 valence electrons. The van der Waals surface area contributed by atoms with Gasteiger partial charge in [0.05, 0.1) is 6.10 Å². The number of hydrogen-bond donors (Lipinski definition) is 1. The van der Waals surface area contributed by atoms with E-state index in [1.54, 1.807) is 0 Å². The van der Waals surface area contributed by atoms with Crippen LogP contribution in [0.2, 0.25) is 0 Å². The monoisotopic (exact) mass is 183 g/mol. The van der Waals surface area contributed by atoms with Crippen molar-refractivity contribution in [1.82, 2.24) is 0 Å². The first-order chi connectivity index (χ1) is 5.95. The van der Waals surface area contributed by atoms with Crippen LogP contribution in [0.15, 0.2) is 0 Å². The highest BCUT2D eigenvalue weighted by atomic mass is 16.5. The van der Waals surface area contributed by atoms with Crippen molar-refractivity contribution in [1.29, 1.82) is 0 Å². The maximum atomic E-state index is 5.81. The van der Waals surface area contributed by atoms with Crippen molar-refractivity contribution in [3.8, 4) is 12.3 Å². The van der Waals surface area contributed by atoms with Crippen LogP contribution in [0.5, 0.6) is 0 Å². The minimum absolute atomic E-state index is 0.133. The van der Waals surface area contributed by atoms with Gasteiger partial charge in [0.15, 0.2) is 0 Å². The van der Waals surface area contributed by atoms with E-state index >= 15 is 0 Å². The highest BCUT2D eigenvalue weighted by Gasteiger charge is 2.10. The molecule has 0 bridgehead atoms. The Labute approximate surface area is 81.8 Å². The number of nitrogens with two attached hydrogens (primary N) is 1. The smallest absolute Gasteiger partial charge is 0.0556 e. The summed E-state index contributed by atoms with van der Waals surface area (Å²) in [4.78, 5) is 0. The van der Waals surface area contributed by atoms with E-state index in [0.29, 0.717) is 0 Å². The first kappa shape index (κ1) is 12.5. The van der Waals surface area contributed by atoms with E-state index in [-0.39, 0.29) is 11.6 Å². The molecular formula is C11H21NO. The third kappa shape index (κ3) is 9.39. The molecule has 0 aromatic carbocycles. The van der Waals surface area contributed by atoms with Crippen LogP contribution in [-0.4, -0.2) is 18.2 Å². The molecule has 0 saturated heterocycles. The molecule has 0 aliphatic heterocycles. The predicted octanol–water partition coefficient (Wildman–Crippen LogP) is 1.93. The molecule has 0 aliphatic rings. The molecule has 2 heteroatoms. The van der Waals surface area contributed by atoms with Gasteiger partial charge >= 0.3 is 0 Å². The van der Waals surface area contributed by atoms with Gasteiger partial charge < -0.3 is 10.5 Å². The average Bonchev–Trinajstić information content (AvgIpc) is 1.98. The third-order valence-electron chi connectivity index (χ3n) is 1.84. The SMILES string of the molecule is C#CCCC(C)OCCC(C)(C)N. The highest BCUT2D eigenvalue weighted by molar-refractivity contribution is 4.83. The van der Waals surface area contributed by atoms with Crippen LogP contribution >= 0.6 is 0 Å². The van der Waals surface area contributed by atoms with Gasteiger partial charge in [0, 0.05) is 18.6 Å². The molecule has 0 fully saturated rings. The Balaban J connectivity index is 3.38. The van der Waals surface area contributed by atoms with Gasteiger partial charge in [-0.3, -0.25) is 0 Å². The van der Waals surface area contributed by atoms with Gasteiger partial charge in [-0.1, -0.05) is 0 Å². The Bertz CT molecular complexity index is 164. The maximum Gasteiger partial charge on any atom is 0.0556 e. The Morgan fingerprint density at radius 1 is 1.54 bits per heavy atom. The molecule has 2 nitrogen and oxygen atoms in total. The van der Waals surface area contributed by atoms with Crippen LogP contribution < -0.4 is 5.73 Å². The molecule has 0 aliphatic carbocycles. The first-order valence-corrected chi connectivity index (χ1v) is 4.79. The van der Waals surface area contributed by atoms with Gasteiger partial charge in [-0.15, -0.1) is 12.3 Å². The lowest BCUT2D eigenvalue weighted by molar-refractivity contribution is 0.0517. The topological polar surface area (TPSA) is 35.2 Å². The molecule has 1 unspecified atom stereocenters. The minimum atomic E-state index is -0.133. The van der Waals surface area contributed by atoms with Crippen LogP contribution in [0.3, 0.4) is 0 Å². The molecule has 1 atom stereocenters. The van der Waals surface area contributed by atoms with Crippen LogP contribution in [0.1, 0.15) is 40.0 Å². The minimum Gasteiger partial charge on any atom is -0.378 e. The van der Waals surface area contributed by atoms with E-state index in [9.17, 15) is 0 Å². The number of ether oxygens (including phenoxy) is 1. The lowest BCUT2D eigenvalue weighted by Gasteiger charge is -2.19. The van der Waals surface area contributed by atoms with Gasteiger partial charge in [0.25, 0.3) is 0 Å². The molecule has 0 heterocycles. The summed E-state index contributed by atoms with van der Waals surface area (Å²) in [6.07, 6.45) is 8.00. The zero-order chi connectivity index (χ0) is 10.3. The summed E-state index contributed by atoms with van der Waals surface area (Å²) >= 11 is 0. The molecule has 0 radical (unpaired) electrons. The summed E-state index contributed by atoms with van der Waals surface area (Å²) in [6, 6.07) is 0. The van der Waals surface area contributed by atoms with Crippen molar-refractivity contribution < 1.29 is 4.74 Å². The average molecular weight is 183 g/mol. The van der Waals surface area contributed by atoms with Gasteiger partial charge in [0.2, 0.25) is 0 Å². The Morgan fingerprint density at radius 2 is 2.15 bits per heavy atom. The van der Waals surface area contributed by atoms with E-state index in [2.05, 4.69) is 5.92 Å². The van der Waals surface area contributed by atoms with E-state index in [4.69, 9.17) is 16.9 Å². The standard InChI is InChI=1S/C11H21NO/c1-5-6-7-10(2)13-9-8-11(3,4)12/h1,10H,6-9,12H2,2-4H3. The zero-order valence-electron chi connectivity index (χ0n) is 8.97. The van der Waals surface area contributed by atoms with Gasteiger partial charge in [0.1, 0.15) is 0 Å². The maximum absolute atomic E-state index is 5.81. The van der Waals surface area contributed by atoms with Crippen molar-refractivity contribution in [3.05, 3.63) is 0 Å². The second-order valence-corrected chi connectivity index (χ2v) is 4.16. The fourth-order valence-electron chi connectivity index (χ4n) is 0.893. The molecule has 0 spiro atoms. The second kappa shape index (κ2) is 6.01. The normalized spacial score (nSPS) is 13.8.